The Bertz CT molecular complexity index is 132. The average molecular weight is 174 g/mol. The molecule has 0 aliphatic carbocycles. The SMILES string of the molecule is C[C@@H]1CN(CC(O)CO)CCN1. The minimum atomic E-state index is -0.588. The molecule has 4 nitrogen and oxygen atoms in total. The van der Waals surface area contributed by atoms with Crippen LogP contribution in [0.15, 0.2) is 0 Å². The van der Waals surface area contributed by atoms with Crippen LogP contribution in [0.4, 0.5) is 0 Å². The number of nitrogens with zero attached hydrogens (tertiary/aromatic N) is 1. The second-order valence-corrected chi connectivity index (χ2v) is 3.45. The van der Waals surface area contributed by atoms with Crippen molar-refractivity contribution in [2.45, 2.75) is 19.1 Å². The molecule has 0 radical (unpaired) electrons. The van der Waals surface area contributed by atoms with Gasteiger partial charge in [0.2, 0.25) is 0 Å². The van der Waals surface area contributed by atoms with E-state index in [1.165, 1.54) is 0 Å². The van der Waals surface area contributed by atoms with Gasteiger partial charge in [0.15, 0.2) is 0 Å². The molecular formula is C8H18N2O2. The molecule has 0 saturated carbocycles. The molecule has 72 valence electrons. The van der Waals surface area contributed by atoms with Crippen molar-refractivity contribution >= 4 is 0 Å². The van der Waals surface area contributed by atoms with Gasteiger partial charge >= 0.3 is 0 Å². The summed E-state index contributed by atoms with van der Waals surface area (Å²) in [6.07, 6.45) is -0.588. The van der Waals surface area contributed by atoms with Gasteiger partial charge in [-0.15, -0.1) is 0 Å². The standard InChI is InChI=1S/C8H18N2O2/c1-7-4-10(3-2-9-7)5-8(12)6-11/h7-9,11-12H,2-6H2,1H3/t7-,8?/m1/s1. The van der Waals surface area contributed by atoms with Gasteiger partial charge in [-0.3, -0.25) is 4.90 Å². The van der Waals surface area contributed by atoms with Crippen molar-refractivity contribution in [1.29, 1.82) is 0 Å². The predicted octanol–water partition coefficient (Wildman–Crippen LogP) is -1.37. The topological polar surface area (TPSA) is 55.7 Å². The Kier molecular flexibility index (Phi) is 3.94. The van der Waals surface area contributed by atoms with E-state index < -0.39 is 6.10 Å². The largest absolute Gasteiger partial charge is 0.394 e. The molecule has 0 aromatic rings. The first-order chi connectivity index (χ1) is 5.72. The van der Waals surface area contributed by atoms with Crippen molar-refractivity contribution < 1.29 is 10.2 Å². The molecule has 0 spiro atoms. The first kappa shape index (κ1) is 9.92. The van der Waals surface area contributed by atoms with E-state index in [-0.39, 0.29) is 6.61 Å². The molecule has 1 fully saturated rings. The van der Waals surface area contributed by atoms with E-state index in [0.29, 0.717) is 12.6 Å². The highest BCUT2D eigenvalue weighted by molar-refractivity contribution is 4.76. The quantitative estimate of drug-likeness (QED) is 0.494. The van der Waals surface area contributed by atoms with Gasteiger partial charge in [-0.05, 0) is 6.92 Å². The summed E-state index contributed by atoms with van der Waals surface area (Å²) >= 11 is 0. The number of aliphatic hydroxyl groups excluding tert-OH is 2. The molecule has 0 bridgehead atoms. The normalized spacial score (nSPS) is 28.8. The second kappa shape index (κ2) is 4.77. The lowest BCUT2D eigenvalue weighted by Gasteiger charge is -2.32. The minimum absolute atomic E-state index is 0.141. The number of hydrogen-bond donors (Lipinski definition) is 3. The van der Waals surface area contributed by atoms with Crippen LogP contribution >= 0.6 is 0 Å². The van der Waals surface area contributed by atoms with E-state index in [0.717, 1.165) is 19.6 Å². The zero-order valence-corrected chi connectivity index (χ0v) is 7.53. The van der Waals surface area contributed by atoms with Crippen LogP contribution in [0, 0.1) is 0 Å². The fraction of sp³-hybridized carbons (Fsp3) is 1.00. The van der Waals surface area contributed by atoms with E-state index >= 15 is 0 Å². The summed E-state index contributed by atoms with van der Waals surface area (Å²) in [5.74, 6) is 0. The zero-order valence-electron chi connectivity index (χ0n) is 7.53. The summed E-state index contributed by atoms with van der Waals surface area (Å²) in [7, 11) is 0. The molecule has 1 aliphatic heterocycles. The van der Waals surface area contributed by atoms with Gasteiger partial charge < -0.3 is 15.5 Å². The van der Waals surface area contributed by atoms with Crippen molar-refractivity contribution in [2.24, 2.45) is 0 Å². The Balaban J connectivity index is 2.22. The van der Waals surface area contributed by atoms with Crippen molar-refractivity contribution in [3.8, 4) is 0 Å². The number of rotatable bonds is 3. The van der Waals surface area contributed by atoms with Gasteiger partial charge in [0, 0.05) is 32.2 Å². The molecule has 12 heavy (non-hydrogen) atoms. The molecule has 0 amide bonds. The molecule has 2 atom stereocenters. The maximum Gasteiger partial charge on any atom is 0.0897 e. The van der Waals surface area contributed by atoms with Crippen LogP contribution in [0.1, 0.15) is 6.92 Å². The average Bonchev–Trinajstić information content (AvgIpc) is 2.04. The number of hydrogen-bond acceptors (Lipinski definition) is 4. The third kappa shape index (κ3) is 3.06. The fourth-order valence-electron chi connectivity index (χ4n) is 1.53. The van der Waals surface area contributed by atoms with Crippen LogP contribution in [0.2, 0.25) is 0 Å². The maximum atomic E-state index is 9.18. The first-order valence-corrected chi connectivity index (χ1v) is 4.47. The predicted molar refractivity (Wildman–Crippen MR) is 47.0 cm³/mol. The lowest BCUT2D eigenvalue weighted by molar-refractivity contribution is 0.0508. The van der Waals surface area contributed by atoms with Crippen LogP contribution in [0.3, 0.4) is 0 Å². The lowest BCUT2D eigenvalue weighted by Crippen LogP contribution is -2.51. The highest BCUT2D eigenvalue weighted by Gasteiger charge is 2.17. The number of aliphatic hydroxyl groups is 2. The van der Waals surface area contributed by atoms with Gasteiger partial charge in [-0.1, -0.05) is 0 Å². The molecule has 4 heteroatoms. The van der Waals surface area contributed by atoms with Crippen LogP contribution in [-0.4, -0.2) is 60.0 Å². The van der Waals surface area contributed by atoms with Gasteiger partial charge in [0.05, 0.1) is 12.7 Å². The molecule has 1 heterocycles. The Hall–Kier alpha value is -0.160. The number of β-amino-alcohol motifs (C(OH)–C–C–N with tert-alkyl or cyclic N) is 1. The number of nitrogens with one attached hydrogen (secondary N) is 1. The molecule has 1 aliphatic rings. The van der Waals surface area contributed by atoms with Crippen molar-refractivity contribution in [2.75, 3.05) is 32.8 Å². The van der Waals surface area contributed by atoms with Gasteiger partial charge in [0.25, 0.3) is 0 Å². The van der Waals surface area contributed by atoms with E-state index in [9.17, 15) is 5.11 Å². The van der Waals surface area contributed by atoms with Crippen LogP contribution in [0.5, 0.6) is 0 Å². The summed E-state index contributed by atoms with van der Waals surface area (Å²) in [5, 5.41) is 21.1. The van der Waals surface area contributed by atoms with Gasteiger partial charge in [-0.2, -0.15) is 0 Å². The monoisotopic (exact) mass is 174 g/mol. The Labute approximate surface area is 73.2 Å². The van der Waals surface area contributed by atoms with Gasteiger partial charge in [0.1, 0.15) is 0 Å². The highest BCUT2D eigenvalue weighted by atomic mass is 16.3. The molecule has 1 saturated heterocycles. The minimum Gasteiger partial charge on any atom is -0.394 e. The molecule has 0 aromatic carbocycles. The van der Waals surface area contributed by atoms with E-state index in [1.54, 1.807) is 0 Å². The summed E-state index contributed by atoms with van der Waals surface area (Å²) in [5.41, 5.74) is 0. The second-order valence-electron chi connectivity index (χ2n) is 3.45. The van der Waals surface area contributed by atoms with Crippen LogP contribution < -0.4 is 5.32 Å². The van der Waals surface area contributed by atoms with Crippen molar-refractivity contribution in [3.05, 3.63) is 0 Å². The third-order valence-corrected chi connectivity index (χ3v) is 2.13. The molecule has 1 rings (SSSR count). The van der Waals surface area contributed by atoms with Crippen molar-refractivity contribution in [1.82, 2.24) is 10.2 Å². The molecule has 3 N–H and O–H groups in total. The molecular weight excluding hydrogens is 156 g/mol. The highest BCUT2D eigenvalue weighted by Crippen LogP contribution is 1.99. The van der Waals surface area contributed by atoms with E-state index in [1.807, 2.05) is 0 Å². The van der Waals surface area contributed by atoms with E-state index in [2.05, 4.69) is 17.1 Å². The van der Waals surface area contributed by atoms with Gasteiger partial charge in [-0.25, -0.2) is 0 Å². The van der Waals surface area contributed by atoms with Crippen molar-refractivity contribution in [3.63, 3.8) is 0 Å². The maximum absolute atomic E-state index is 9.18. The molecule has 0 aromatic heterocycles. The first-order valence-electron chi connectivity index (χ1n) is 4.47. The summed E-state index contributed by atoms with van der Waals surface area (Å²) in [6.45, 7) is 5.45. The zero-order chi connectivity index (χ0) is 8.97. The lowest BCUT2D eigenvalue weighted by atomic mass is 10.2. The fourth-order valence-corrected chi connectivity index (χ4v) is 1.53. The van der Waals surface area contributed by atoms with Crippen LogP contribution in [-0.2, 0) is 0 Å². The summed E-state index contributed by atoms with van der Waals surface area (Å²) < 4.78 is 0. The third-order valence-electron chi connectivity index (χ3n) is 2.13. The van der Waals surface area contributed by atoms with E-state index in [4.69, 9.17) is 5.11 Å². The van der Waals surface area contributed by atoms with Crippen LogP contribution in [0.25, 0.3) is 0 Å². The summed E-state index contributed by atoms with van der Waals surface area (Å²) in [6, 6.07) is 0.490. The summed E-state index contributed by atoms with van der Waals surface area (Å²) in [4.78, 5) is 2.17. The Morgan fingerprint density at radius 1 is 1.67 bits per heavy atom. The Morgan fingerprint density at radius 2 is 2.42 bits per heavy atom. The smallest absolute Gasteiger partial charge is 0.0897 e. The number of piperazine rings is 1. The Morgan fingerprint density at radius 3 is 3.00 bits per heavy atom. The molecule has 1 unspecified atom stereocenters.